The van der Waals surface area contributed by atoms with Gasteiger partial charge in [0.15, 0.2) is 0 Å². The molecule has 4 rings (SSSR count). The predicted molar refractivity (Wildman–Crippen MR) is 130 cm³/mol. The van der Waals surface area contributed by atoms with Crippen LogP contribution in [-0.4, -0.2) is 41.2 Å². The van der Waals surface area contributed by atoms with Gasteiger partial charge in [0.1, 0.15) is 0 Å². The summed E-state index contributed by atoms with van der Waals surface area (Å²) in [5.74, 6) is 5.62. The minimum Gasteiger partial charge on any atom is -0.465 e. The lowest BCUT2D eigenvalue weighted by molar-refractivity contribution is 0.00578. The summed E-state index contributed by atoms with van der Waals surface area (Å²) < 4.78 is 19.2. The quantitative estimate of drug-likeness (QED) is 0.345. The van der Waals surface area contributed by atoms with Crippen LogP contribution in [0.5, 0.6) is 0 Å². The number of methoxy groups -OCH3 is 1. The van der Waals surface area contributed by atoms with Crippen molar-refractivity contribution in [3.8, 4) is 11.8 Å². The molecule has 0 amide bonds. The van der Waals surface area contributed by atoms with E-state index in [-0.39, 0.29) is 17.2 Å². The highest BCUT2D eigenvalue weighted by Gasteiger charge is 2.51. The molecule has 0 spiro atoms. The van der Waals surface area contributed by atoms with Crippen molar-refractivity contribution in [1.82, 2.24) is 9.78 Å². The summed E-state index contributed by atoms with van der Waals surface area (Å²) in [6.07, 6.45) is 1.76. The van der Waals surface area contributed by atoms with Gasteiger partial charge in [-0.1, -0.05) is 30.2 Å². The molecule has 0 N–H and O–H groups in total. The standard InChI is InChI=1S/C26H29BN2O4/c1-8-9-19-12-15-21(24(30)31-7)23-22(19)16-28-29(23)17(2)18-10-13-20(14-11-18)27-32-25(3,4)26(5,6)33-27/h10-17H,1-7H3/t17-/m1/s1. The van der Waals surface area contributed by atoms with Gasteiger partial charge in [0.05, 0.1) is 41.6 Å². The number of rotatable bonds is 4. The summed E-state index contributed by atoms with van der Waals surface area (Å²) >= 11 is 0. The van der Waals surface area contributed by atoms with Gasteiger partial charge < -0.3 is 14.0 Å². The molecule has 2 heterocycles. The van der Waals surface area contributed by atoms with Crippen molar-refractivity contribution in [2.75, 3.05) is 7.11 Å². The SMILES string of the molecule is CC#Cc1ccc(C(=O)OC)c2c1cnn2[C@H](C)c1ccc(B2OC(C)(C)C(C)(C)O2)cc1. The van der Waals surface area contributed by atoms with E-state index >= 15 is 0 Å². The minimum absolute atomic E-state index is 0.122. The molecule has 6 nitrogen and oxygen atoms in total. The Kier molecular flexibility index (Phi) is 5.85. The average molecular weight is 444 g/mol. The van der Waals surface area contributed by atoms with E-state index in [4.69, 9.17) is 14.0 Å². The van der Waals surface area contributed by atoms with E-state index in [0.29, 0.717) is 11.1 Å². The largest absolute Gasteiger partial charge is 0.494 e. The molecule has 1 atom stereocenters. The Balaban J connectivity index is 1.70. The van der Waals surface area contributed by atoms with Crippen molar-refractivity contribution in [2.24, 2.45) is 0 Å². The smallest absolute Gasteiger partial charge is 0.465 e. The van der Waals surface area contributed by atoms with Gasteiger partial charge >= 0.3 is 13.1 Å². The number of nitrogens with zero attached hydrogens (tertiary/aromatic N) is 2. The topological polar surface area (TPSA) is 62.6 Å². The first kappa shape index (κ1) is 23.1. The van der Waals surface area contributed by atoms with Crippen molar-refractivity contribution < 1.29 is 18.8 Å². The summed E-state index contributed by atoms with van der Waals surface area (Å²) in [6, 6.07) is 11.6. The van der Waals surface area contributed by atoms with Gasteiger partial charge in [-0.2, -0.15) is 5.10 Å². The lowest BCUT2D eigenvalue weighted by Crippen LogP contribution is -2.41. The first-order chi connectivity index (χ1) is 15.6. The minimum atomic E-state index is -0.411. The highest BCUT2D eigenvalue weighted by molar-refractivity contribution is 6.62. The molecule has 1 aromatic heterocycles. The summed E-state index contributed by atoms with van der Waals surface area (Å²) in [6.45, 7) is 12.0. The molecule has 0 radical (unpaired) electrons. The third-order valence-corrected chi connectivity index (χ3v) is 6.73. The molecular formula is C26H29BN2O4. The lowest BCUT2D eigenvalue weighted by Gasteiger charge is -2.32. The van der Waals surface area contributed by atoms with E-state index < -0.39 is 13.1 Å². The number of carbonyl (C=O) groups excluding carboxylic acids is 1. The Morgan fingerprint density at radius 3 is 2.30 bits per heavy atom. The van der Waals surface area contributed by atoms with Gasteiger partial charge in [0.2, 0.25) is 0 Å². The average Bonchev–Trinajstić information content (AvgIpc) is 3.32. The number of esters is 1. The molecule has 7 heteroatoms. The van der Waals surface area contributed by atoms with Crippen LogP contribution in [0, 0.1) is 11.8 Å². The second kappa shape index (κ2) is 8.37. The first-order valence-electron chi connectivity index (χ1n) is 11.1. The van der Waals surface area contributed by atoms with Crippen molar-refractivity contribution in [1.29, 1.82) is 0 Å². The Morgan fingerprint density at radius 2 is 1.73 bits per heavy atom. The fourth-order valence-corrected chi connectivity index (χ4v) is 4.03. The normalized spacial score (nSPS) is 17.5. The van der Waals surface area contributed by atoms with Crippen LogP contribution in [0.15, 0.2) is 42.6 Å². The van der Waals surface area contributed by atoms with Crippen molar-refractivity contribution in [3.63, 3.8) is 0 Å². The number of ether oxygens (including phenoxy) is 1. The number of hydrogen-bond donors (Lipinski definition) is 0. The molecule has 1 saturated heterocycles. The number of benzene rings is 2. The molecule has 0 saturated carbocycles. The van der Waals surface area contributed by atoms with Crippen LogP contribution in [0.4, 0.5) is 0 Å². The maximum atomic E-state index is 12.5. The van der Waals surface area contributed by atoms with Gasteiger partial charge in [-0.3, -0.25) is 4.68 Å². The fourth-order valence-electron chi connectivity index (χ4n) is 4.03. The predicted octanol–water partition coefficient (Wildman–Crippen LogP) is 4.10. The molecule has 0 unspecified atom stereocenters. The summed E-state index contributed by atoms with van der Waals surface area (Å²) in [5, 5.41) is 5.45. The van der Waals surface area contributed by atoms with Crippen LogP contribution < -0.4 is 5.46 Å². The highest BCUT2D eigenvalue weighted by Crippen LogP contribution is 2.36. The van der Waals surface area contributed by atoms with Crippen LogP contribution >= 0.6 is 0 Å². The molecule has 0 aliphatic carbocycles. The number of aromatic nitrogens is 2. The van der Waals surface area contributed by atoms with Crippen LogP contribution in [-0.2, 0) is 14.0 Å². The Morgan fingerprint density at radius 1 is 1.09 bits per heavy atom. The third-order valence-electron chi connectivity index (χ3n) is 6.73. The number of carbonyl (C=O) groups is 1. The fraction of sp³-hybridized carbons (Fsp3) is 0.385. The zero-order valence-corrected chi connectivity index (χ0v) is 20.2. The van der Waals surface area contributed by atoms with Crippen LogP contribution in [0.25, 0.3) is 10.9 Å². The lowest BCUT2D eigenvalue weighted by atomic mass is 9.78. The zero-order chi connectivity index (χ0) is 24.0. The molecule has 2 aromatic carbocycles. The van der Waals surface area contributed by atoms with E-state index in [1.54, 1.807) is 19.2 Å². The van der Waals surface area contributed by atoms with E-state index in [9.17, 15) is 4.79 Å². The van der Waals surface area contributed by atoms with E-state index in [1.807, 2.05) is 62.7 Å². The second-order valence-electron chi connectivity index (χ2n) is 9.31. The van der Waals surface area contributed by atoms with Gasteiger partial charge in [-0.05, 0) is 64.7 Å². The van der Waals surface area contributed by atoms with E-state index in [2.05, 4.69) is 23.9 Å². The molecule has 33 heavy (non-hydrogen) atoms. The van der Waals surface area contributed by atoms with Crippen LogP contribution in [0.3, 0.4) is 0 Å². The van der Waals surface area contributed by atoms with Crippen molar-refractivity contribution >= 4 is 29.5 Å². The molecular weight excluding hydrogens is 415 g/mol. The van der Waals surface area contributed by atoms with Crippen molar-refractivity contribution in [2.45, 2.75) is 58.8 Å². The molecule has 3 aromatic rings. The first-order valence-corrected chi connectivity index (χ1v) is 11.1. The van der Waals surface area contributed by atoms with Crippen LogP contribution in [0.2, 0.25) is 0 Å². The Labute approximate surface area is 195 Å². The number of hydrogen-bond acceptors (Lipinski definition) is 5. The number of fused-ring (bicyclic) bond motifs is 1. The molecule has 0 bridgehead atoms. The highest BCUT2D eigenvalue weighted by atomic mass is 16.7. The maximum Gasteiger partial charge on any atom is 0.494 e. The summed E-state index contributed by atoms with van der Waals surface area (Å²) in [5.41, 5.74) is 3.24. The maximum absolute atomic E-state index is 12.5. The third kappa shape index (κ3) is 3.94. The Hall–Kier alpha value is -3.08. The van der Waals surface area contributed by atoms with Gasteiger partial charge in [0, 0.05) is 10.9 Å². The van der Waals surface area contributed by atoms with E-state index in [1.165, 1.54) is 7.11 Å². The summed E-state index contributed by atoms with van der Waals surface area (Å²) in [4.78, 5) is 12.5. The van der Waals surface area contributed by atoms with Crippen LogP contribution in [0.1, 0.15) is 69.1 Å². The van der Waals surface area contributed by atoms with E-state index in [0.717, 1.165) is 22.0 Å². The molecule has 170 valence electrons. The van der Waals surface area contributed by atoms with Gasteiger partial charge in [-0.15, -0.1) is 5.92 Å². The van der Waals surface area contributed by atoms with Crippen molar-refractivity contribution in [3.05, 3.63) is 59.3 Å². The zero-order valence-electron chi connectivity index (χ0n) is 20.2. The summed E-state index contributed by atoms with van der Waals surface area (Å²) in [7, 11) is 0.970. The molecule has 1 fully saturated rings. The molecule has 1 aliphatic rings. The van der Waals surface area contributed by atoms with Gasteiger partial charge in [0.25, 0.3) is 0 Å². The second-order valence-corrected chi connectivity index (χ2v) is 9.31. The van der Waals surface area contributed by atoms with Gasteiger partial charge in [-0.25, -0.2) is 4.79 Å². The monoisotopic (exact) mass is 444 g/mol. The Bertz CT molecular complexity index is 1250. The molecule has 1 aliphatic heterocycles.